The predicted octanol–water partition coefficient (Wildman–Crippen LogP) is 3.44. The first-order chi connectivity index (χ1) is 14.3. The molecule has 0 saturated carbocycles. The van der Waals surface area contributed by atoms with Crippen molar-refractivity contribution in [2.45, 2.75) is 25.2 Å². The third-order valence-corrected chi connectivity index (χ3v) is 5.37. The van der Waals surface area contributed by atoms with Crippen molar-refractivity contribution < 1.29 is 32.5 Å². The van der Waals surface area contributed by atoms with Gasteiger partial charge in [-0.1, -0.05) is 18.2 Å². The van der Waals surface area contributed by atoms with E-state index in [0.717, 1.165) is 17.5 Å². The fraction of sp³-hybridized carbons (Fsp3) is 0.333. The van der Waals surface area contributed by atoms with Crippen molar-refractivity contribution in [3.05, 3.63) is 59.2 Å². The minimum Gasteiger partial charge on any atom is -0.497 e. The average molecular weight is 420 g/mol. The molecule has 1 heterocycles. The van der Waals surface area contributed by atoms with Gasteiger partial charge in [-0.05, 0) is 48.2 Å². The summed E-state index contributed by atoms with van der Waals surface area (Å²) in [6, 6.07) is 10.6. The summed E-state index contributed by atoms with van der Waals surface area (Å²) in [6.45, 7) is -0.722. The number of methoxy groups -OCH3 is 1. The number of fused-ring (bicyclic) bond motifs is 3. The first kappa shape index (κ1) is 20.2. The Morgan fingerprint density at radius 2 is 1.90 bits per heavy atom. The number of alkyl halides is 3. The highest BCUT2D eigenvalue weighted by Crippen LogP contribution is 2.44. The van der Waals surface area contributed by atoms with Crippen LogP contribution in [0.5, 0.6) is 11.5 Å². The van der Waals surface area contributed by atoms with Gasteiger partial charge in [-0.3, -0.25) is 4.79 Å². The highest BCUT2D eigenvalue weighted by atomic mass is 19.4. The Morgan fingerprint density at radius 1 is 1.20 bits per heavy atom. The van der Waals surface area contributed by atoms with Crippen molar-refractivity contribution in [2.24, 2.45) is 11.0 Å². The van der Waals surface area contributed by atoms with Crippen molar-refractivity contribution in [3.63, 3.8) is 0 Å². The Morgan fingerprint density at radius 3 is 2.53 bits per heavy atom. The number of amides is 1. The van der Waals surface area contributed by atoms with Gasteiger partial charge in [0.2, 0.25) is 0 Å². The maximum absolute atomic E-state index is 12.4. The van der Waals surface area contributed by atoms with E-state index in [1.165, 1.54) is 29.3 Å². The van der Waals surface area contributed by atoms with Crippen LogP contribution in [0, 0.1) is 5.92 Å². The third kappa shape index (κ3) is 3.72. The maximum atomic E-state index is 12.4. The van der Waals surface area contributed by atoms with E-state index in [-0.39, 0.29) is 11.7 Å². The lowest BCUT2D eigenvalue weighted by molar-refractivity contribution is -0.274. The second-order valence-corrected chi connectivity index (χ2v) is 7.11. The summed E-state index contributed by atoms with van der Waals surface area (Å²) in [5, 5.41) is 15.2. The van der Waals surface area contributed by atoms with Gasteiger partial charge in [-0.2, -0.15) is 5.10 Å². The zero-order valence-electron chi connectivity index (χ0n) is 16.0. The first-order valence-electron chi connectivity index (χ1n) is 9.35. The smallest absolute Gasteiger partial charge is 0.497 e. The van der Waals surface area contributed by atoms with Crippen molar-refractivity contribution in [1.29, 1.82) is 0 Å². The number of carbonyl (C=O) groups excluding carboxylic acids is 1. The van der Waals surface area contributed by atoms with Gasteiger partial charge in [0, 0.05) is 11.5 Å². The van der Waals surface area contributed by atoms with E-state index < -0.39 is 24.9 Å². The lowest BCUT2D eigenvalue weighted by Crippen LogP contribution is -2.33. The molecule has 6 nitrogen and oxygen atoms in total. The maximum Gasteiger partial charge on any atom is 0.573 e. The van der Waals surface area contributed by atoms with Crippen molar-refractivity contribution >= 4 is 11.6 Å². The molecule has 1 aliphatic heterocycles. The van der Waals surface area contributed by atoms with Crippen LogP contribution in [0.15, 0.2) is 47.6 Å². The Kier molecular flexibility index (Phi) is 5.15. The van der Waals surface area contributed by atoms with Crippen LogP contribution in [-0.4, -0.2) is 41.8 Å². The SMILES string of the molecule is COc1ccc2c(c1)C1=NN(C(=O)CO)[C@@H](c3ccc(OC(F)(F)F)cc3)[C@H]1CC2. The summed E-state index contributed by atoms with van der Waals surface area (Å²) < 4.78 is 46.6. The Bertz CT molecular complexity index is 989. The highest BCUT2D eigenvalue weighted by Gasteiger charge is 2.44. The molecule has 0 fully saturated rings. The fourth-order valence-corrected chi connectivity index (χ4v) is 4.09. The zero-order chi connectivity index (χ0) is 21.5. The van der Waals surface area contributed by atoms with Gasteiger partial charge in [-0.25, -0.2) is 5.01 Å². The molecule has 0 spiro atoms. The Labute approximate surface area is 170 Å². The van der Waals surface area contributed by atoms with Crippen LogP contribution < -0.4 is 9.47 Å². The lowest BCUT2D eigenvalue weighted by atomic mass is 9.77. The average Bonchev–Trinajstić information content (AvgIpc) is 3.12. The molecule has 9 heteroatoms. The van der Waals surface area contributed by atoms with Crippen LogP contribution in [0.25, 0.3) is 0 Å². The molecule has 158 valence electrons. The highest BCUT2D eigenvalue weighted by molar-refractivity contribution is 6.07. The standard InChI is InChI=1S/C21H19F3N2O4/c1-29-15-8-2-12-5-9-16-19(17(12)10-15)25-26(18(28)11-27)20(16)13-3-6-14(7-4-13)30-21(22,23)24/h2-4,6-8,10,16,20,27H,5,9,11H2,1H3/t16-,20-/m0/s1. The summed E-state index contributed by atoms with van der Waals surface area (Å²) >= 11 is 0. The number of hydrazone groups is 1. The summed E-state index contributed by atoms with van der Waals surface area (Å²) in [5.74, 6) is -0.421. The summed E-state index contributed by atoms with van der Waals surface area (Å²) in [7, 11) is 1.56. The van der Waals surface area contributed by atoms with E-state index in [9.17, 15) is 23.1 Å². The number of hydrogen-bond acceptors (Lipinski definition) is 5. The van der Waals surface area contributed by atoms with Crippen LogP contribution >= 0.6 is 0 Å². The largest absolute Gasteiger partial charge is 0.573 e. The minimum absolute atomic E-state index is 0.158. The van der Waals surface area contributed by atoms with Crippen LogP contribution in [0.4, 0.5) is 13.2 Å². The second-order valence-electron chi connectivity index (χ2n) is 7.11. The van der Waals surface area contributed by atoms with Gasteiger partial charge < -0.3 is 14.6 Å². The molecule has 0 unspecified atom stereocenters. The molecule has 2 atom stereocenters. The van der Waals surface area contributed by atoms with Gasteiger partial charge in [0.05, 0.1) is 18.9 Å². The first-order valence-corrected chi connectivity index (χ1v) is 9.35. The molecular weight excluding hydrogens is 401 g/mol. The number of halogens is 3. The van der Waals surface area contributed by atoms with Crippen LogP contribution in [0.1, 0.15) is 29.2 Å². The molecule has 1 aliphatic carbocycles. The van der Waals surface area contributed by atoms with E-state index in [0.29, 0.717) is 23.4 Å². The third-order valence-electron chi connectivity index (χ3n) is 5.37. The van der Waals surface area contributed by atoms with E-state index >= 15 is 0 Å². The summed E-state index contributed by atoms with van der Waals surface area (Å²) in [6.07, 6.45) is -3.31. The van der Waals surface area contributed by atoms with Crippen LogP contribution in [0.3, 0.4) is 0 Å². The molecule has 2 aromatic rings. The monoisotopic (exact) mass is 420 g/mol. The predicted molar refractivity (Wildman–Crippen MR) is 101 cm³/mol. The van der Waals surface area contributed by atoms with E-state index in [1.54, 1.807) is 7.11 Å². The topological polar surface area (TPSA) is 71.4 Å². The number of aryl methyl sites for hydroxylation is 1. The van der Waals surface area contributed by atoms with Gasteiger partial charge >= 0.3 is 6.36 Å². The number of nitrogens with zero attached hydrogens (tertiary/aromatic N) is 2. The fourth-order valence-electron chi connectivity index (χ4n) is 4.09. The summed E-state index contributed by atoms with van der Waals surface area (Å²) in [4.78, 5) is 12.4. The molecule has 0 bridgehead atoms. The van der Waals surface area contributed by atoms with E-state index in [2.05, 4.69) is 9.84 Å². The molecule has 2 aliphatic rings. The molecule has 30 heavy (non-hydrogen) atoms. The van der Waals surface area contributed by atoms with Gasteiger partial charge in [0.15, 0.2) is 0 Å². The molecule has 2 aromatic carbocycles. The molecule has 4 rings (SSSR count). The van der Waals surface area contributed by atoms with Crippen molar-refractivity contribution in [1.82, 2.24) is 5.01 Å². The Hall–Kier alpha value is -3.07. The lowest BCUT2D eigenvalue weighted by Gasteiger charge is -2.29. The molecule has 0 radical (unpaired) electrons. The van der Waals surface area contributed by atoms with E-state index in [1.807, 2.05) is 18.2 Å². The summed E-state index contributed by atoms with van der Waals surface area (Å²) in [5.41, 5.74) is 3.27. The molecule has 1 N–H and O–H groups in total. The minimum atomic E-state index is -4.78. The van der Waals surface area contributed by atoms with Gasteiger partial charge in [-0.15, -0.1) is 13.2 Å². The number of aliphatic hydroxyl groups is 1. The Balaban J connectivity index is 1.71. The van der Waals surface area contributed by atoms with Crippen LogP contribution in [0.2, 0.25) is 0 Å². The number of benzene rings is 2. The number of rotatable bonds is 4. The molecule has 0 aromatic heterocycles. The van der Waals surface area contributed by atoms with Gasteiger partial charge in [0.1, 0.15) is 18.1 Å². The number of carbonyl (C=O) groups is 1. The van der Waals surface area contributed by atoms with Crippen LogP contribution in [-0.2, 0) is 11.2 Å². The van der Waals surface area contributed by atoms with Crippen molar-refractivity contribution in [3.8, 4) is 11.5 Å². The quantitative estimate of drug-likeness (QED) is 0.823. The molecular formula is C21H19F3N2O4. The number of hydrogen-bond donors (Lipinski definition) is 1. The zero-order valence-corrected chi connectivity index (χ0v) is 16.0. The van der Waals surface area contributed by atoms with Crippen molar-refractivity contribution in [2.75, 3.05) is 13.7 Å². The number of ether oxygens (including phenoxy) is 2. The van der Waals surface area contributed by atoms with Gasteiger partial charge in [0.25, 0.3) is 5.91 Å². The second kappa shape index (κ2) is 7.64. The molecule has 0 saturated heterocycles. The normalized spacial score (nSPS) is 20.3. The molecule has 1 amide bonds. The number of aliphatic hydroxyl groups excluding tert-OH is 1. The van der Waals surface area contributed by atoms with E-state index in [4.69, 9.17) is 4.74 Å².